The summed E-state index contributed by atoms with van der Waals surface area (Å²) in [6.07, 6.45) is 0.258. The average molecular weight is 518 g/mol. The van der Waals surface area contributed by atoms with E-state index in [0.717, 1.165) is 39.0 Å². The van der Waals surface area contributed by atoms with Crippen LogP contribution >= 0.6 is 39.1 Å². The van der Waals surface area contributed by atoms with Crippen molar-refractivity contribution >= 4 is 44.8 Å². The van der Waals surface area contributed by atoms with Gasteiger partial charge in [-0.05, 0) is 48.0 Å². The maximum absolute atomic E-state index is 6.54. The molecule has 5 nitrogen and oxygen atoms in total. The normalized spacial score (nSPS) is 20.7. The zero-order valence-corrected chi connectivity index (χ0v) is 19.1. The van der Waals surface area contributed by atoms with E-state index in [2.05, 4.69) is 28.1 Å². The Balaban J connectivity index is 1.47. The second-order valence-corrected chi connectivity index (χ2v) is 9.30. The second kappa shape index (κ2) is 7.33. The zero-order valence-electron chi connectivity index (χ0n) is 16.0. The van der Waals surface area contributed by atoms with Crippen LogP contribution in [-0.2, 0) is 0 Å². The summed E-state index contributed by atoms with van der Waals surface area (Å²) in [5.74, 6) is 2.06. The summed E-state index contributed by atoms with van der Waals surface area (Å²) in [5.41, 5.74) is 3.89. The molecular formula is C23H15BrCl2N2O3. The van der Waals surface area contributed by atoms with Crippen LogP contribution in [0.3, 0.4) is 0 Å². The molecule has 3 aromatic carbocycles. The van der Waals surface area contributed by atoms with E-state index in [9.17, 15) is 0 Å². The SMILES string of the molecule is Clc1cc(Cl)c2c(c1)[C@H]1CC(c3ccc(Br)cc3)=NN1[C@H](c1ccc3c(c1)OCO3)O2. The minimum atomic E-state index is -0.460. The number of halogens is 3. The molecule has 3 aliphatic rings. The van der Waals surface area contributed by atoms with Crippen LogP contribution in [0.4, 0.5) is 0 Å². The summed E-state index contributed by atoms with van der Waals surface area (Å²) < 4.78 is 18.5. The minimum Gasteiger partial charge on any atom is -0.463 e. The summed E-state index contributed by atoms with van der Waals surface area (Å²) in [6.45, 7) is 0.218. The van der Waals surface area contributed by atoms with E-state index in [1.807, 2.05) is 41.4 Å². The largest absolute Gasteiger partial charge is 0.463 e. The fourth-order valence-corrected chi connectivity index (χ4v) is 5.04. The Kier molecular flexibility index (Phi) is 4.56. The number of ether oxygens (including phenoxy) is 3. The Morgan fingerprint density at radius 3 is 2.61 bits per heavy atom. The van der Waals surface area contributed by atoms with Crippen molar-refractivity contribution in [3.8, 4) is 17.2 Å². The van der Waals surface area contributed by atoms with Crippen molar-refractivity contribution in [3.63, 3.8) is 0 Å². The summed E-state index contributed by atoms with van der Waals surface area (Å²) in [4.78, 5) is 0. The summed E-state index contributed by atoms with van der Waals surface area (Å²) in [7, 11) is 0. The lowest BCUT2D eigenvalue weighted by Crippen LogP contribution is -2.33. The van der Waals surface area contributed by atoms with Gasteiger partial charge in [-0.25, -0.2) is 5.01 Å². The molecular weight excluding hydrogens is 503 g/mol. The quantitative estimate of drug-likeness (QED) is 0.378. The Labute approximate surface area is 197 Å². The standard InChI is InChI=1S/C23H15BrCl2N2O3/c24-14-4-1-12(2-5-14)18-10-19-16-8-15(25)9-17(26)22(16)31-23(28(19)27-18)13-3-6-20-21(7-13)30-11-29-20/h1-9,19,23H,10-11H2/t19-,23+/m1/s1. The van der Waals surface area contributed by atoms with Crippen LogP contribution < -0.4 is 14.2 Å². The maximum Gasteiger partial charge on any atom is 0.231 e. The highest BCUT2D eigenvalue weighted by Gasteiger charge is 2.42. The number of hydrazone groups is 1. The van der Waals surface area contributed by atoms with Crippen LogP contribution in [0.2, 0.25) is 10.0 Å². The smallest absolute Gasteiger partial charge is 0.231 e. The molecule has 0 amide bonds. The first-order chi connectivity index (χ1) is 15.1. The van der Waals surface area contributed by atoms with Crippen molar-refractivity contribution in [3.05, 3.63) is 85.8 Å². The molecule has 0 fully saturated rings. The van der Waals surface area contributed by atoms with Crippen molar-refractivity contribution in [2.45, 2.75) is 18.7 Å². The van der Waals surface area contributed by atoms with Gasteiger partial charge < -0.3 is 14.2 Å². The Hall–Kier alpha value is -2.41. The molecule has 6 rings (SSSR count). The van der Waals surface area contributed by atoms with Gasteiger partial charge in [-0.15, -0.1) is 0 Å². The Morgan fingerprint density at radius 2 is 1.77 bits per heavy atom. The lowest BCUT2D eigenvalue weighted by molar-refractivity contribution is -0.0190. The Morgan fingerprint density at radius 1 is 0.968 bits per heavy atom. The van der Waals surface area contributed by atoms with E-state index in [1.165, 1.54) is 0 Å². The molecule has 0 N–H and O–H groups in total. The number of fused-ring (bicyclic) bond motifs is 4. The molecule has 0 spiro atoms. The van der Waals surface area contributed by atoms with E-state index in [-0.39, 0.29) is 12.8 Å². The second-order valence-electron chi connectivity index (χ2n) is 7.54. The molecule has 0 saturated carbocycles. The van der Waals surface area contributed by atoms with Gasteiger partial charge in [-0.1, -0.05) is 51.3 Å². The first-order valence-corrected chi connectivity index (χ1v) is 11.3. The highest BCUT2D eigenvalue weighted by atomic mass is 79.9. The van der Waals surface area contributed by atoms with Gasteiger partial charge in [0.15, 0.2) is 11.5 Å². The molecule has 156 valence electrons. The van der Waals surface area contributed by atoms with Gasteiger partial charge in [0.05, 0.1) is 16.8 Å². The number of rotatable bonds is 2. The van der Waals surface area contributed by atoms with E-state index < -0.39 is 6.23 Å². The first-order valence-electron chi connectivity index (χ1n) is 9.74. The number of hydrogen-bond donors (Lipinski definition) is 0. The molecule has 3 heterocycles. The number of benzene rings is 3. The van der Waals surface area contributed by atoms with Gasteiger partial charge >= 0.3 is 0 Å². The van der Waals surface area contributed by atoms with Crippen LogP contribution in [0.15, 0.2) is 64.2 Å². The topological polar surface area (TPSA) is 43.3 Å². The molecule has 0 radical (unpaired) electrons. The van der Waals surface area contributed by atoms with Crippen molar-refractivity contribution in [2.75, 3.05) is 6.79 Å². The predicted octanol–water partition coefficient (Wildman–Crippen LogP) is 6.73. The molecule has 0 unspecified atom stereocenters. The van der Waals surface area contributed by atoms with E-state index in [0.29, 0.717) is 21.5 Å². The van der Waals surface area contributed by atoms with E-state index >= 15 is 0 Å². The average Bonchev–Trinajstić information content (AvgIpc) is 3.41. The fraction of sp³-hybridized carbons (Fsp3) is 0.174. The molecule has 0 bridgehead atoms. The van der Waals surface area contributed by atoms with Gasteiger partial charge in [0.25, 0.3) is 0 Å². The molecule has 3 aliphatic heterocycles. The Bertz CT molecular complexity index is 1230. The molecule has 31 heavy (non-hydrogen) atoms. The predicted molar refractivity (Wildman–Crippen MR) is 122 cm³/mol. The lowest BCUT2D eigenvalue weighted by Gasteiger charge is -2.38. The van der Waals surface area contributed by atoms with E-state index in [4.69, 9.17) is 42.5 Å². The molecule has 8 heteroatoms. The van der Waals surface area contributed by atoms with Crippen LogP contribution in [0.25, 0.3) is 0 Å². The number of hydrogen-bond acceptors (Lipinski definition) is 5. The van der Waals surface area contributed by atoms with Crippen molar-refractivity contribution in [1.82, 2.24) is 5.01 Å². The van der Waals surface area contributed by atoms with Crippen molar-refractivity contribution < 1.29 is 14.2 Å². The van der Waals surface area contributed by atoms with Gasteiger partial charge in [-0.3, -0.25) is 0 Å². The van der Waals surface area contributed by atoms with Gasteiger partial charge in [0, 0.05) is 27.0 Å². The minimum absolute atomic E-state index is 0.0472. The van der Waals surface area contributed by atoms with Gasteiger partial charge in [-0.2, -0.15) is 5.10 Å². The van der Waals surface area contributed by atoms with Crippen LogP contribution in [0.1, 0.15) is 35.4 Å². The lowest BCUT2D eigenvalue weighted by atomic mass is 9.96. The highest BCUT2D eigenvalue weighted by molar-refractivity contribution is 9.10. The summed E-state index contributed by atoms with van der Waals surface area (Å²) in [5, 5.41) is 8.03. The van der Waals surface area contributed by atoms with Crippen LogP contribution in [0.5, 0.6) is 17.2 Å². The van der Waals surface area contributed by atoms with Crippen LogP contribution in [-0.4, -0.2) is 17.5 Å². The maximum atomic E-state index is 6.54. The molecule has 3 aromatic rings. The molecule has 0 aromatic heterocycles. The first kappa shape index (κ1) is 19.3. The molecule has 2 atom stereocenters. The third-order valence-corrected chi connectivity index (χ3v) is 6.69. The molecule has 0 aliphatic carbocycles. The van der Waals surface area contributed by atoms with Crippen molar-refractivity contribution in [2.24, 2.45) is 5.10 Å². The van der Waals surface area contributed by atoms with Gasteiger partial charge in [0.2, 0.25) is 13.0 Å². The summed E-state index contributed by atoms with van der Waals surface area (Å²) in [6, 6.07) is 17.5. The highest BCUT2D eigenvalue weighted by Crippen LogP contribution is 2.51. The third kappa shape index (κ3) is 3.25. The third-order valence-electron chi connectivity index (χ3n) is 5.67. The summed E-state index contributed by atoms with van der Waals surface area (Å²) >= 11 is 16.4. The van der Waals surface area contributed by atoms with Gasteiger partial charge in [0.1, 0.15) is 5.75 Å². The fourth-order valence-electron chi connectivity index (χ4n) is 4.22. The molecule has 0 saturated heterocycles. The number of nitrogens with zero attached hydrogens (tertiary/aromatic N) is 2. The monoisotopic (exact) mass is 516 g/mol. The zero-order chi connectivity index (χ0) is 21.1. The van der Waals surface area contributed by atoms with E-state index in [1.54, 1.807) is 6.07 Å². The van der Waals surface area contributed by atoms with Crippen molar-refractivity contribution in [1.29, 1.82) is 0 Å². The van der Waals surface area contributed by atoms with Crippen LogP contribution in [0, 0.1) is 0 Å².